The Balaban J connectivity index is 1.61. The lowest BCUT2D eigenvalue weighted by atomic mass is 9.90. The molecule has 0 bridgehead atoms. The smallest absolute Gasteiger partial charge is 0.322 e. The minimum Gasteiger partial charge on any atom is -0.401 e. The fraction of sp³-hybridized carbons (Fsp3) is 0.143. The molecule has 4 aromatic rings. The Labute approximate surface area is 162 Å². The maximum absolute atomic E-state index is 13.1. The van der Waals surface area contributed by atoms with Crippen molar-refractivity contribution in [1.29, 1.82) is 0 Å². The molecule has 0 fully saturated rings. The summed E-state index contributed by atoms with van der Waals surface area (Å²) in [4.78, 5) is 13.1. The molecule has 0 atom stereocenters. The number of aryl methyl sites for hydroxylation is 2. The van der Waals surface area contributed by atoms with Gasteiger partial charge in [0.05, 0.1) is 11.6 Å². The Morgan fingerprint density at radius 3 is 2.14 bits per heavy atom. The number of benzene rings is 2. The number of aromatic nitrogens is 4. The van der Waals surface area contributed by atoms with Crippen LogP contribution in [0.1, 0.15) is 22.7 Å². The molecule has 0 aliphatic rings. The van der Waals surface area contributed by atoms with E-state index in [1.807, 2.05) is 73.7 Å². The van der Waals surface area contributed by atoms with Gasteiger partial charge in [-0.1, -0.05) is 65.8 Å². The molecule has 0 aliphatic heterocycles. The lowest BCUT2D eigenvalue weighted by Gasteiger charge is -2.16. The second-order valence-corrected chi connectivity index (χ2v) is 6.45. The summed E-state index contributed by atoms with van der Waals surface area (Å²) >= 11 is 0. The molecule has 0 spiro atoms. The first-order valence-electron chi connectivity index (χ1n) is 8.87. The van der Waals surface area contributed by atoms with Gasteiger partial charge < -0.3 is 4.42 Å². The Morgan fingerprint density at radius 1 is 1.00 bits per heavy atom. The number of nitrogens with zero attached hydrogens (tertiary/aromatic N) is 4. The topological polar surface area (TPSA) is 85.8 Å². The van der Waals surface area contributed by atoms with E-state index in [0.717, 1.165) is 16.8 Å². The fourth-order valence-electron chi connectivity index (χ4n) is 3.15. The van der Waals surface area contributed by atoms with E-state index in [-0.39, 0.29) is 11.9 Å². The molecule has 7 nitrogen and oxygen atoms in total. The first-order chi connectivity index (χ1) is 13.6. The molecule has 1 amide bonds. The van der Waals surface area contributed by atoms with Crippen LogP contribution in [0.5, 0.6) is 0 Å². The van der Waals surface area contributed by atoms with Crippen molar-refractivity contribution in [3.05, 3.63) is 83.6 Å². The van der Waals surface area contributed by atoms with Crippen LogP contribution in [0.15, 0.2) is 71.1 Å². The molecule has 140 valence electrons. The number of nitrogens with one attached hydrogen (secondary N) is 1. The molecule has 4 rings (SSSR count). The molecule has 0 saturated heterocycles. The molecule has 1 N–H and O–H groups in total. The van der Waals surface area contributed by atoms with E-state index in [9.17, 15) is 4.79 Å². The van der Waals surface area contributed by atoms with Crippen LogP contribution in [0, 0.1) is 6.92 Å². The third-order valence-corrected chi connectivity index (χ3v) is 4.40. The molecular weight excluding hydrogens is 354 g/mol. The average molecular weight is 373 g/mol. The van der Waals surface area contributed by atoms with E-state index in [4.69, 9.17) is 4.42 Å². The van der Waals surface area contributed by atoms with Gasteiger partial charge >= 0.3 is 6.01 Å². The second kappa shape index (κ2) is 7.48. The Bertz CT molecular complexity index is 1050. The third kappa shape index (κ3) is 3.55. The van der Waals surface area contributed by atoms with Crippen molar-refractivity contribution >= 4 is 11.9 Å². The Hall–Kier alpha value is -3.74. The van der Waals surface area contributed by atoms with Crippen LogP contribution in [0.25, 0.3) is 11.6 Å². The lowest BCUT2D eigenvalue weighted by Crippen LogP contribution is -2.22. The zero-order valence-corrected chi connectivity index (χ0v) is 15.5. The quantitative estimate of drug-likeness (QED) is 0.578. The lowest BCUT2D eigenvalue weighted by molar-refractivity contribution is -0.116. The molecule has 7 heteroatoms. The van der Waals surface area contributed by atoms with Crippen molar-refractivity contribution in [3.8, 4) is 11.6 Å². The van der Waals surface area contributed by atoms with E-state index in [2.05, 4.69) is 20.6 Å². The van der Waals surface area contributed by atoms with Gasteiger partial charge in [0.1, 0.15) is 5.69 Å². The van der Waals surface area contributed by atoms with Crippen molar-refractivity contribution in [3.63, 3.8) is 0 Å². The number of carbonyl (C=O) groups excluding carboxylic acids is 1. The summed E-state index contributed by atoms with van der Waals surface area (Å²) in [7, 11) is 1.80. The van der Waals surface area contributed by atoms with Crippen molar-refractivity contribution in [1.82, 2.24) is 20.0 Å². The summed E-state index contributed by atoms with van der Waals surface area (Å²) in [5, 5.41) is 15.0. The zero-order chi connectivity index (χ0) is 19.5. The third-order valence-electron chi connectivity index (χ3n) is 4.40. The van der Waals surface area contributed by atoms with Gasteiger partial charge in [-0.15, -0.1) is 5.10 Å². The van der Waals surface area contributed by atoms with E-state index < -0.39 is 5.92 Å². The Morgan fingerprint density at radius 2 is 1.61 bits per heavy atom. The van der Waals surface area contributed by atoms with E-state index in [0.29, 0.717) is 11.6 Å². The highest BCUT2D eigenvalue weighted by Gasteiger charge is 2.24. The molecule has 0 saturated carbocycles. The highest BCUT2D eigenvalue weighted by atomic mass is 16.4. The van der Waals surface area contributed by atoms with Crippen molar-refractivity contribution < 1.29 is 9.21 Å². The minimum atomic E-state index is -0.489. The standard InChI is InChI=1S/C21H19N5O2/c1-14-13-17(26(2)25-14)20-23-24-21(28-20)22-19(27)18(15-9-5-3-6-10-15)16-11-7-4-8-12-16/h3-13,18H,1-2H3,(H,22,24,27). The van der Waals surface area contributed by atoms with E-state index in [1.165, 1.54) is 0 Å². The fourth-order valence-corrected chi connectivity index (χ4v) is 3.15. The van der Waals surface area contributed by atoms with Crippen molar-refractivity contribution in [2.45, 2.75) is 12.8 Å². The summed E-state index contributed by atoms with van der Waals surface area (Å²) in [6, 6.07) is 21.1. The molecular formula is C21H19N5O2. The maximum atomic E-state index is 13.1. The summed E-state index contributed by atoms with van der Waals surface area (Å²) in [5.41, 5.74) is 3.30. The molecule has 2 heterocycles. The normalized spacial score (nSPS) is 11.0. The van der Waals surface area contributed by atoms with E-state index >= 15 is 0 Å². The molecule has 28 heavy (non-hydrogen) atoms. The SMILES string of the molecule is Cc1cc(-c2nnc(NC(=O)C(c3ccccc3)c3ccccc3)o2)n(C)n1. The molecule has 2 aromatic heterocycles. The zero-order valence-electron chi connectivity index (χ0n) is 15.5. The second-order valence-electron chi connectivity index (χ2n) is 6.45. The minimum absolute atomic E-state index is 0.0516. The Kier molecular flexibility index (Phi) is 4.72. The summed E-state index contributed by atoms with van der Waals surface area (Å²) < 4.78 is 7.30. The predicted molar refractivity (Wildman–Crippen MR) is 105 cm³/mol. The molecule has 2 aromatic carbocycles. The van der Waals surface area contributed by atoms with Crippen LogP contribution in [0.4, 0.5) is 6.01 Å². The average Bonchev–Trinajstić information content (AvgIpc) is 3.29. The van der Waals surface area contributed by atoms with Gasteiger partial charge in [0.15, 0.2) is 0 Å². The van der Waals surface area contributed by atoms with E-state index in [1.54, 1.807) is 11.7 Å². The van der Waals surface area contributed by atoms with Crippen molar-refractivity contribution in [2.24, 2.45) is 7.05 Å². The summed E-state index contributed by atoms with van der Waals surface area (Å²) in [6.45, 7) is 1.88. The van der Waals surface area contributed by atoms with Crippen LogP contribution < -0.4 is 5.32 Å². The molecule has 0 radical (unpaired) electrons. The van der Waals surface area contributed by atoms with Gasteiger partial charge in [0, 0.05) is 7.05 Å². The summed E-state index contributed by atoms with van der Waals surface area (Å²) in [5.74, 6) is -0.431. The maximum Gasteiger partial charge on any atom is 0.322 e. The number of hydrogen-bond acceptors (Lipinski definition) is 5. The summed E-state index contributed by atoms with van der Waals surface area (Å²) in [6.07, 6.45) is 0. The van der Waals surface area contributed by atoms with Gasteiger partial charge in [0.2, 0.25) is 5.91 Å². The number of rotatable bonds is 5. The first-order valence-corrected chi connectivity index (χ1v) is 8.87. The van der Waals surface area contributed by atoms with Crippen LogP contribution in [0.2, 0.25) is 0 Å². The van der Waals surface area contributed by atoms with Crippen LogP contribution in [-0.4, -0.2) is 25.9 Å². The highest BCUT2D eigenvalue weighted by molar-refractivity contribution is 5.96. The van der Waals surface area contributed by atoms with Gasteiger partial charge in [0.25, 0.3) is 5.89 Å². The number of hydrogen-bond donors (Lipinski definition) is 1. The number of amides is 1. The predicted octanol–water partition coefficient (Wildman–Crippen LogP) is 3.55. The van der Waals surface area contributed by atoms with Crippen LogP contribution in [-0.2, 0) is 11.8 Å². The van der Waals surface area contributed by atoms with Crippen LogP contribution >= 0.6 is 0 Å². The molecule has 0 unspecified atom stereocenters. The largest absolute Gasteiger partial charge is 0.401 e. The van der Waals surface area contributed by atoms with Gasteiger partial charge in [-0.25, -0.2) is 0 Å². The van der Waals surface area contributed by atoms with Crippen molar-refractivity contribution in [2.75, 3.05) is 5.32 Å². The van der Waals surface area contributed by atoms with Gasteiger partial charge in [-0.2, -0.15) is 5.10 Å². The first kappa shape index (κ1) is 17.7. The highest BCUT2D eigenvalue weighted by Crippen LogP contribution is 2.27. The van der Waals surface area contributed by atoms with Gasteiger partial charge in [-0.3, -0.25) is 14.8 Å². The number of carbonyl (C=O) groups is 1. The molecule has 0 aliphatic carbocycles. The monoisotopic (exact) mass is 373 g/mol. The van der Waals surface area contributed by atoms with Gasteiger partial charge in [-0.05, 0) is 24.1 Å². The number of anilines is 1. The van der Waals surface area contributed by atoms with Crippen LogP contribution in [0.3, 0.4) is 0 Å².